The minimum Gasteiger partial charge on any atom is -0.444 e. The van der Waals surface area contributed by atoms with Crippen LogP contribution in [0.1, 0.15) is 69.0 Å². The molecular formula is C25H52ClN5O4. The van der Waals surface area contributed by atoms with Gasteiger partial charge in [-0.2, -0.15) is 0 Å². The Morgan fingerprint density at radius 2 is 1.06 bits per heavy atom. The summed E-state index contributed by atoms with van der Waals surface area (Å²) in [6, 6.07) is 0. The molecule has 0 bridgehead atoms. The van der Waals surface area contributed by atoms with Crippen molar-refractivity contribution in [1.29, 1.82) is 0 Å². The fraction of sp³-hybridized carbons (Fsp3) is 0.920. The Morgan fingerprint density at radius 1 is 0.657 bits per heavy atom. The standard InChI is InChI=1S/C10H20N2O2.C9H18N2O2.C6H13N.ClH/c1-10(2,3)14-9(13)12-7-5-11(4)6-8-12;1-9(2,3)13-8(12)11-6-4-10-5-7-11;1-7-5-3-2-4-6-7;/h5-8H2,1-4H3;10H,4-7H2,1-3H3;2-6H2,1H3;1H/i4D3;;1D3;. The first-order valence-electron chi connectivity index (χ1n) is 15.4. The predicted octanol–water partition coefficient (Wildman–Crippen LogP) is 3.52. The van der Waals surface area contributed by atoms with Crippen molar-refractivity contribution in [3.05, 3.63) is 0 Å². The van der Waals surface area contributed by atoms with Gasteiger partial charge in [0, 0.05) is 60.6 Å². The van der Waals surface area contributed by atoms with E-state index in [-0.39, 0.29) is 30.2 Å². The second-order valence-electron chi connectivity index (χ2n) is 10.7. The summed E-state index contributed by atoms with van der Waals surface area (Å²) in [4.78, 5) is 29.5. The molecule has 0 unspecified atom stereocenters. The van der Waals surface area contributed by atoms with Crippen LogP contribution in [0.3, 0.4) is 0 Å². The molecule has 3 fully saturated rings. The minimum atomic E-state index is -2.07. The highest BCUT2D eigenvalue weighted by molar-refractivity contribution is 5.85. The van der Waals surface area contributed by atoms with Crippen LogP contribution >= 0.6 is 12.4 Å². The van der Waals surface area contributed by atoms with Gasteiger partial charge in [0.15, 0.2) is 0 Å². The number of likely N-dealkylation sites (N-methyl/N-ethyl adjacent to an activating group) is 1. The number of nitrogens with zero attached hydrogens (tertiary/aromatic N) is 4. The highest BCUT2D eigenvalue weighted by atomic mass is 35.5. The monoisotopic (exact) mass is 527 g/mol. The number of piperazine rings is 2. The number of hydrogen-bond donors (Lipinski definition) is 1. The SMILES string of the molecule is CC(C)(C)OC(=O)N1CCNCC1.Cl.[2H]C([2H])([2H])N1CCCCC1.[2H]C([2H])([2H])N1CCN(C(=O)OC(C)(C)C)CC1. The summed E-state index contributed by atoms with van der Waals surface area (Å²) in [6.07, 6.45) is 2.69. The van der Waals surface area contributed by atoms with E-state index in [4.69, 9.17) is 17.7 Å². The Labute approximate surface area is 228 Å². The lowest BCUT2D eigenvalue weighted by atomic mass is 10.1. The van der Waals surface area contributed by atoms with E-state index in [1.807, 2.05) is 41.5 Å². The topological polar surface area (TPSA) is 77.6 Å². The van der Waals surface area contributed by atoms with Gasteiger partial charge >= 0.3 is 12.2 Å². The van der Waals surface area contributed by atoms with Gasteiger partial charge in [0.05, 0.1) is 0 Å². The Hall–Kier alpha value is -1.29. The molecule has 3 saturated heterocycles. The fourth-order valence-corrected chi connectivity index (χ4v) is 3.28. The molecule has 0 atom stereocenters. The third-order valence-electron chi connectivity index (χ3n) is 5.06. The third-order valence-corrected chi connectivity index (χ3v) is 5.06. The molecule has 208 valence electrons. The van der Waals surface area contributed by atoms with Gasteiger partial charge in [-0.15, -0.1) is 12.4 Å². The highest BCUT2D eigenvalue weighted by Crippen LogP contribution is 2.11. The van der Waals surface area contributed by atoms with Crippen LogP contribution in [0.15, 0.2) is 0 Å². The number of piperidine rings is 1. The van der Waals surface area contributed by atoms with E-state index >= 15 is 0 Å². The van der Waals surface area contributed by atoms with Crippen LogP contribution in [0.4, 0.5) is 9.59 Å². The summed E-state index contributed by atoms with van der Waals surface area (Å²) >= 11 is 0. The van der Waals surface area contributed by atoms with Gasteiger partial charge in [-0.25, -0.2) is 9.59 Å². The van der Waals surface area contributed by atoms with Crippen molar-refractivity contribution in [2.75, 3.05) is 79.4 Å². The molecule has 3 aliphatic heterocycles. The summed E-state index contributed by atoms with van der Waals surface area (Å²) in [5, 5.41) is 3.18. The first kappa shape index (κ1) is 24.1. The number of halogens is 1. The molecule has 35 heavy (non-hydrogen) atoms. The minimum absolute atomic E-state index is 0. The van der Waals surface area contributed by atoms with Crippen molar-refractivity contribution in [2.45, 2.75) is 72.0 Å². The largest absolute Gasteiger partial charge is 0.444 e. The van der Waals surface area contributed by atoms with Crippen LogP contribution < -0.4 is 5.32 Å². The van der Waals surface area contributed by atoms with E-state index in [0.29, 0.717) is 26.2 Å². The molecule has 2 amide bonds. The van der Waals surface area contributed by atoms with Crippen LogP contribution in [-0.2, 0) is 9.47 Å². The summed E-state index contributed by atoms with van der Waals surface area (Å²) in [5.41, 5.74) is -0.903. The molecule has 0 spiro atoms. The zero-order valence-electron chi connectivity index (χ0n) is 28.5. The summed E-state index contributed by atoms with van der Waals surface area (Å²) in [7, 11) is 0. The van der Waals surface area contributed by atoms with Gasteiger partial charge in [-0.1, -0.05) is 6.42 Å². The maximum absolute atomic E-state index is 11.7. The molecule has 0 saturated carbocycles. The average Bonchev–Trinajstić information content (AvgIpc) is 2.83. The Balaban J connectivity index is 0.000000598. The number of carbonyl (C=O) groups excluding carboxylic acids is 2. The Kier molecular flexibility index (Phi) is 11.3. The molecular weight excluding hydrogens is 470 g/mol. The van der Waals surface area contributed by atoms with Crippen molar-refractivity contribution in [3.8, 4) is 0 Å². The van der Waals surface area contributed by atoms with E-state index in [0.717, 1.165) is 52.1 Å². The van der Waals surface area contributed by atoms with Crippen molar-refractivity contribution in [1.82, 2.24) is 24.9 Å². The summed E-state index contributed by atoms with van der Waals surface area (Å²) in [5.74, 6) is 0. The van der Waals surface area contributed by atoms with Crippen LogP contribution in [0.25, 0.3) is 0 Å². The number of carbonyl (C=O) groups is 2. The molecule has 0 aromatic heterocycles. The van der Waals surface area contributed by atoms with Gasteiger partial charge in [-0.05, 0) is 81.4 Å². The smallest absolute Gasteiger partial charge is 0.410 e. The highest BCUT2D eigenvalue weighted by Gasteiger charge is 2.24. The Morgan fingerprint density at radius 3 is 1.43 bits per heavy atom. The second kappa shape index (κ2) is 16.5. The van der Waals surface area contributed by atoms with Crippen LogP contribution in [0.5, 0.6) is 0 Å². The quantitative estimate of drug-likeness (QED) is 0.516. The molecule has 0 aromatic carbocycles. The molecule has 0 aromatic rings. The number of amides is 2. The fourth-order valence-electron chi connectivity index (χ4n) is 3.28. The molecule has 0 aliphatic carbocycles. The maximum Gasteiger partial charge on any atom is 0.410 e. The van der Waals surface area contributed by atoms with Crippen molar-refractivity contribution >= 4 is 24.6 Å². The normalized spacial score (nSPS) is 23.0. The lowest BCUT2D eigenvalue weighted by molar-refractivity contribution is 0.0163. The lowest BCUT2D eigenvalue weighted by Crippen LogP contribution is -2.48. The molecule has 3 aliphatic rings. The number of likely N-dealkylation sites (tertiary alicyclic amines) is 1. The zero-order chi connectivity index (χ0) is 30.8. The number of hydrogen-bond acceptors (Lipinski definition) is 7. The van der Waals surface area contributed by atoms with Gasteiger partial charge in [-0.3, -0.25) is 0 Å². The molecule has 9 nitrogen and oxygen atoms in total. The van der Waals surface area contributed by atoms with Crippen LogP contribution in [0.2, 0.25) is 0 Å². The van der Waals surface area contributed by atoms with Crippen molar-refractivity contribution in [3.63, 3.8) is 0 Å². The number of nitrogens with one attached hydrogen (secondary N) is 1. The van der Waals surface area contributed by atoms with Crippen LogP contribution in [0, 0.1) is 0 Å². The van der Waals surface area contributed by atoms with Gasteiger partial charge < -0.3 is 34.4 Å². The van der Waals surface area contributed by atoms with E-state index in [1.165, 1.54) is 11.3 Å². The first-order chi connectivity index (χ1) is 18.2. The van der Waals surface area contributed by atoms with Crippen LogP contribution in [-0.4, -0.2) is 122 Å². The van der Waals surface area contributed by atoms with Crippen molar-refractivity contribution < 1.29 is 27.3 Å². The van der Waals surface area contributed by atoms with Gasteiger partial charge in [0.1, 0.15) is 11.2 Å². The molecule has 3 rings (SSSR count). The van der Waals surface area contributed by atoms with E-state index in [9.17, 15) is 9.59 Å². The molecule has 1 N–H and O–H groups in total. The second-order valence-corrected chi connectivity index (χ2v) is 10.7. The average molecular weight is 528 g/mol. The van der Waals surface area contributed by atoms with E-state index in [1.54, 1.807) is 14.7 Å². The summed E-state index contributed by atoms with van der Waals surface area (Å²) < 4.78 is 53.5. The molecule has 3 heterocycles. The maximum atomic E-state index is 11.7. The first-order valence-corrected chi connectivity index (χ1v) is 12.4. The van der Waals surface area contributed by atoms with E-state index in [2.05, 4.69) is 5.32 Å². The summed E-state index contributed by atoms with van der Waals surface area (Å²) in [6.45, 7) is 13.4. The third kappa shape index (κ3) is 16.9. The lowest BCUT2D eigenvalue weighted by Gasteiger charge is -2.33. The number of ether oxygens (including phenoxy) is 2. The Bertz CT molecular complexity index is 770. The zero-order valence-corrected chi connectivity index (χ0v) is 23.3. The number of rotatable bonds is 0. The van der Waals surface area contributed by atoms with Crippen molar-refractivity contribution in [2.24, 2.45) is 0 Å². The van der Waals surface area contributed by atoms with Gasteiger partial charge in [0.2, 0.25) is 0 Å². The van der Waals surface area contributed by atoms with Gasteiger partial charge in [0.25, 0.3) is 0 Å². The predicted molar refractivity (Wildman–Crippen MR) is 145 cm³/mol. The molecule has 10 heteroatoms. The molecule has 0 radical (unpaired) electrons. The van der Waals surface area contributed by atoms with E-state index < -0.39 is 19.6 Å².